The average molecular weight is 280 g/mol. The van der Waals surface area contributed by atoms with Gasteiger partial charge in [0.1, 0.15) is 6.04 Å². The van der Waals surface area contributed by atoms with Gasteiger partial charge in [-0.2, -0.15) is 0 Å². The van der Waals surface area contributed by atoms with Crippen LogP contribution in [0.3, 0.4) is 0 Å². The zero-order valence-electron chi connectivity index (χ0n) is 12.2. The number of benzene rings is 1. The molecule has 2 aliphatic rings. The Morgan fingerprint density at radius 3 is 3.00 bits per heavy atom. The quantitative estimate of drug-likeness (QED) is 0.836. The summed E-state index contributed by atoms with van der Waals surface area (Å²) in [6.07, 6.45) is 1.37. The predicted octanol–water partition coefficient (Wildman–Crippen LogP) is 0.307. The van der Waals surface area contributed by atoms with Crippen LogP contribution >= 0.6 is 0 Å². The van der Waals surface area contributed by atoms with Gasteiger partial charge in [0.05, 0.1) is 32.4 Å². The van der Waals surface area contributed by atoms with E-state index >= 15 is 0 Å². The predicted molar refractivity (Wildman–Crippen MR) is 73.6 cm³/mol. The number of methoxy groups -OCH3 is 1. The number of aliphatic hydroxyl groups is 1. The minimum atomic E-state index is -0.337. The average Bonchev–Trinajstić information content (AvgIpc) is 2.87. The number of aliphatic hydroxyl groups excluding tert-OH is 1. The van der Waals surface area contributed by atoms with Gasteiger partial charge in [0, 0.05) is 12.8 Å². The summed E-state index contributed by atoms with van der Waals surface area (Å²) in [5.41, 5.74) is 2.42. The number of fused-ring (bicyclic) bond motifs is 2. The Kier molecular flexibility index (Phi) is 3.48. The molecule has 20 heavy (non-hydrogen) atoms. The highest BCUT2D eigenvalue weighted by molar-refractivity contribution is 5.61. The molecule has 110 valence electrons. The molecule has 0 amide bonds. The summed E-state index contributed by atoms with van der Waals surface area (Å²) in [5, 5.41) is 9.79. The number of likely N-dealkylation sites (N-methyl/N-ethyl adjacent to an activating group) is 1. The molecule has 5 heteroatoms. The SMILES string of the molecule is COc1c2c(cc3c1[C@@H](C[C@H](C)O)[NH+](C)CC3)OCO2. The van der Waals surface area contributed by atoms with E-state index in [2.05, 4.69) is 13.1 Å². The second-order valence-corrected chi connectivity index (χ2v) is 5.70. The van der Waals surface area contributed by atoms with Gasteiger partial charge in [0.2, 0.25) is 12.5 Å². The van der Waals surface area contributed by atoms with Crippen LogP contribution in [0.5, 0.6) is 17.2 Å². The molecule has 2 aliphatic heterocycles. The molecule has 0 spiro atoms. The molecule has 0 aliphatic carbocycles. The van der Waals surface area contributed by atoms with E-state index in [0.717, 1.165) is 30.9 Å². The Hall–Kier alpha value is -1.46. The number of ether oxygens (including phenoxy) is 3. The standard InChI is InChI=1S/C15H21NO4/c1-9(17)6-11-13-10(4-5-16(11)2)7-12-14(15(13)18-3)20-8-19-12/h7,9,11,17H,4-6,8H2,1-3H3/p+1/t9-,11+/m0/s1. The first-order chi connectivity index (χ1) is 9.61. The van der Waals surface area contributed by atoms with Crippen LogP contribution in [-0.4, -0.2) is 38.7 Å². The maximum absolute atomic E-state index is 9.79. The van der Waals surface area contributed by atoms with E-state index in [0.29, 0.717) is 5.75 Å². The van der Waals surface area contributed by atoms with E-state index in [4.69, 9.17) is 14.2 Å². The molecule has 2 heterocycles. The molecule has 0 radical (unpaired) electrons. The fourth-order valence-corrected chi connectivity index (χ4v) is 3.28. The Morgan fingerprint density at radius 1 is 1.50 bits per heavy atom. The Labute approximate surface area is 119 Å². The van der Waals surface area contributed by atoms with Gasteiger partial charge < -0.3 is 24.2 Å². The van der Waals surface area contributed by atoms with Gasteiger partial charge in [0.25, 0.3) is 0 Å². The maximum atomic E-state index is 9.79. The first-order valence-corrected chi connectivity index (χ1v) is 7.11. The summed E-state index contributed by atoms with van der Waals surface area (Å²) in [6.45, 7) is 3.13. The van der Waals surface area contributed by atoms with Crippen molar-refractivity contribution in [3.05, 3.63) is 17.2 Å². The zero-order chi connectivity index (χ0) is 14.3. The van der Waals surface area contributed by atoms with Crippen LogP contribution in [0.1, 0.15) is 30.5 Å². The van der Waals surface area contributed by atoms with Crippen LogP contribution in [0.2, 0.25) is 0 Å². The topological polar surface area (TPSA) is 52.4 Å². The van der Waals surface area contributed by atoms with Crippen LogP contribution in [0.25, 0.3) is 0 Å². The lowest BCUT2D eigenvalue weighted by molar-refractivity contribution is -0.915. The van der Waals surface area contributed by atoms with Crippen molar-refractivity contribution in [3.63, 3.8) is 0 Å². The zero-order valence-corrected chi connectivity index (χ0v) is 12.2. The molecule has 0 saturated carbocycles. The van der Waals surface area contributed by atoms with Crippen molar-refractivity contribution in [2.45, 2.75) is 31.9 Å². The minimum absolute atomic E-state index is 0.225. The first-order valence-electron chi connectivity index (χ1n) is 7.11. The van der Waals surface area contributed by atoms with Crippen molar-refractivity contribution in [1.29, 1.82) is 0 Å². The first kappa shape index (κ1) is 13.5. The lowest BCUT2D eigenvalue weighted by Gasteiger charge is -2.33. The summed E-state index contributed by atoms with van der Waals surface area (Å²) in [5.74, 6) is 2.26. The van der Waals surface area contributed by atoms with E-state index in [1.165, 1.54) is 16.0 Å². The molecule has 0 bridgehead atoms. The normalized spacial score (nSPS) is 25.2. The van der Waals surface area contributed by atoms with Gasteiger partial charge in [-0.25, -0.2) is 0 Å². The Bertz CT molecular complexity index is 515. The number of hydrogen-bond donors (Lipinski definition) is 2. The third-order valence-electron chi connectivity index (χ3n) is 4.26. The number of hydrogen-bond acceptors (Lipinski definition) is 4. The van der Waals surface area contributed by atoms with Crippen LogP contribution in [0.4, 0.5) is 0 Å². The molecular formula is C15H22NO4+. The molecular weight excluding hydrogens is 258 g/mol. The smallest absolute Gasteiger partial charge is 0.231 e. The highest BCUT2D eigenvalue weighted by Crippen LogP contribution is 2.47. The summed E-state index contributed by atoms with van der Waals surface area (Å²) >= 11 is 0. The van der Waals surface area contributed by atoms with Crippen molar-refractivity contribution in [1.82, 2.24) is 0 Å². The third kappa shape index (κ3) is 2.11. The van der Waals surface area contributed by atoms with E-state index in [-0.39, 0.29) is 18.9 Å². The molecule has 2 N–H and O–H groups in total. The van der Waals surface area contributed by atoms with Crippen molar-refractivity contribution in [2.24, 2.45) is 0 Å². The number of quaternary nitrogens is 1. The number of rotatable bonds is 3. The summed E-state index contributed by atoms with van der Waals surface area (Å²) in [6, 6.07) is 2.30. The molecule has 0 aromatic heterocycles. The molecule has 0 saturated heterocycles. The van der Waals surface area contributed by atoms with Crippen molar-refractivity contribution < 1.29 is 24.2 Å². The second kappa shape index (κ2) is 5.14. The van der Waals surface area contributed by atoms with Gasteiger partial charge >= 0.3 is 0 Å². The van der Waals surface area contributed by atoms with Gasteiger partial charge in [-0.3, -0.25) is 0 Å². The summed E-state index contributed by atoms with van der Waals surface area (Å²) < 4.78 is 16.7. The molecule has 3 atom stereocenters. The minimum Gasteiger partial charge on any atom is -0.492 e. The fraction of sp³-hybridized carbons (Fsp3) is 0.600. The maximum Gasteiger partial charge on any atom is 0.231 e. The highest BCUT2D eigenvalue weighted by atomic mass is 16.7. The van der Waals surface area contributed by atoms with Crippen molar-refractivity contribution >= 4 is 0 Å². The fourth-order valence-electron chi connectivity index (χ4n) is 3.28. The Balaban J connectivity index is 2.12. The van der Waals surface area contributed by atoms with Crippen LogP contribution in [0.15, 0.2) is 6.07 Å². The molecule has 1 aromatic rings. The largest absolute Gasteiger partial charge is 0.492 e. The highest BCUT2D eigenvalue weighted by Gasteiger charge is 2.36. The molecule has 3 rings (SSSR count). The van der Waals surface area contributed by atoms with E-state index in [1.807, 2.05) is 6.92 Å². The van der Waals surface area contributed by atoms with Crippen LogP contribution in [0, 0.1) is 0 Å². The van der Waals surface area contributed by atoms with Crippen LogP contribution < -0.4 is 19.1 Å². The summed E-state index contributed by atoms with van der Waals surface area (Å²) in [7, 11) is 3.83. The van der Waals surface area contributed by atoms with Gasteiger partial charge in [-0.15, -0.1) is 0 Å². The lowest BCUT2D eigenvalue weighted by atomic mass is 9.88. The molecule has 1 unspecified atom stereocenters. The monoisotopic (exact) mass is 280 g/mol. The van der Waals surface area contributed by atoms with Gasteiger partial charge in [-0.05, 0) is 18.6 Å². The van der Waals surface area contributed by atoms with Gasteiger partial charge in [-0.1, -0.05) is 0 Å². The summed E-state index contributed by atoms with van der Waals surface area (Å²) in [4.78, 5) is 1.40. The van der Waals surface area contributed by atoms with Crippen molar-refractivity contribution in [2.75, 3.05) is 27.5 Å². The third-order valence-corrected chi connectivity index (χ3v) is 4.26. The van der Waals surface area contributed by atoms with E-state index < -0.39 is 0 Å². The molecule has 5 nitrogen and oxygen atoms in total. The van der Waals surface area contributed by atoms with E-state index in [9.17, 15) is 5.11 Å². The molecule has 1 aromatic carbocycles. The van der Waals surface area contributed by atoms with Crippen molar-refractivity contribution in [3.8, 4) is 17.2 Å². The van der Waals surface area contributed by atoms with Crippen LogP contribution in [-0.2, 0) is 6.42 Å². The molecule has 0 fully saturated rings. The second-order valence-electron chi connectivity index (χ2n) is 5.70. The lowest BCUT2D eigenvalue weighted by Crippen LogP contribution is -3.10. The number of nitrogens with one attached hydrogen (secondary N) is 1. The van der Waals surface area contributed by atoms with E-state index in [1.54, 1.807) is 7.11 Å². The Morgan fingerprint density at radius 2 is 2.30 bits per heavy atom. The van der Waals surface area contributed by atoms with Gasteiger partial charge in [0.15, 0.2) is 11.5 Å².